The van der Waals surface area contributed by atoms with Crippen LogP contribution in [-0.4, -0.2) is 25.6 Å². The van der Waals surface area contributed by atoms with Crippen molar-refractivity contribution in [1.82, 2.24) is 5.32 Å². The molecule has 0 unspecified atom stereocenters. The standard InChI is InChI=1S/C20H20ClNO4/c1-14(16-7-9-17(21)10-8-16)22-19(23)13-26-20(24)11-6-15-4-3-5-18(12-15)25-2/h3-12,14H,13H2,1-2H3,(H,22,23)/b11-6+/t14-/m0/s1. The van der Waals surface area contributed by atoms with Crippen LogP contribution in [0, 0.1) is 0 Å². The van der Waals surface area contributed by atoms with Crippen molar-refractivity contribution >= 4 is 29.6 Å². The van der Waals surface area contributed by atoms with Gasteiger partial charge in [0.1, 0.15) is 5.75 Å². The molecule has 0 saturated carbocycles. The maximum atomic E-state index is 11.9. The molecule has 1 atom stereocenters. The number of amides is 1. The van der Waals surface area contributed by atoms with E-state index in [1.54, 1.807) is 31.4 Å². The lowest BCUT2D eigenvalue weighted by molar-refractivity contribution is -0.144. The molecule has 1 amide bonds. The average molecular weight is 374 g/mol. The van der Waals surface area contributed by atoms with Gasteiger partial charge in [-0.3, -0.25) is 4.79 Å². The van der Waals surface area contributed by atoms with Gasteiger partial charge in [0.15, 0.2) is 6.61 Å². The van der Waals surface area contributed by atoms with Crippen LogP contribution in [0.2, 0.25) is 5.02 Å². The van der Waals surface area contributed by atoms with Crippen LogP contribution < -0.4 is 10.1 Å². The molecule has 0 aliphatic heterocycles. The van der Waals surface area contributed by atoms with Crippen molar-refractivity contribution < 1.29 is 19.1 Å². The van der Waals surface area contributed by atoms with Crippen molar-refractivity contribution in [3.05, 3.63) is 70.8 Å². The first-order chi connectivity index (χ1) is 12.5. The summed E-state index contributed by atoms with van der Waals surface area (Å²) in [7, 11) is 1.57. The molecule has 0 bridgehead atoms. The Labute approximate surface area is 157 Å². The Morgan fingerprint density at radius 1 is 1.19 bits per heavy atom. The van der Waals surface area contributed by atoms with Gasteiger partial charge in [0.05, 0.1) is 13.2 Å². The first kappa shape index (κ1) is 19.5. The topological polar surface area (TPSA) is 64.6 Å². The van der Waals surface area contributed by atoms with Gasteiger partial charge in [-0.25, -0.2) is 4.79 Å². The minimum atomic E-state index is -0.595. The van der Waals surface area contributed by atoms with E-state index < -0.39 is 5.97 Å². The molecule has 0 aliphatic carbocycles. The van der Waals surface area contributed by atoms with Crippen LogP contribution in [-0.2, 0) is 14.3 Å². The van der Waals surface area contributed by atoms with E-state index in [9.17, 15) is 9.59 Å². The van der Waals surface area contributed by atoms with Gasteiger partial charge in [0.25, 0.3) is 5.91 Å². The molecule has 0 saturated heterocycles. The van der Waals surface area contributed by atoms with Crippen molar-refractivity contribution in [2.75, 3.05) is 13.7 Å². The molecule has 5 nitrogen and oxygen atoms in total. The minimum Gasteiger partial charge on any atom is -0.497 e. The molecular formula is C20H20ClNO4. The van der Waals surface area contributed by atoms with Gasteiger partial charge in [-0.2, -0.15) is 0 Å². The van der Waals surface area contributed by atoms with Crippen molar-refractivity contribution in [3.63, 3.8) is 0 Å². The number of esters is 1. The second-order valence-electron chi connectivity index (χ2n) is 5.56. The molecule has 136 valence electrons. The molecule has 2 rings (SSSR count). The smallest absolute Gasteiger partial charge is 0.331 e. The summed E-state index contributed by atoms with van der Waals surface area (Å²) in [4.78, 5) is 23.6. The number of rotatable bonds is 7. The molecule has 0 aromatic heterocycles. The van der Waals surface area contributed by atoms with E-state index in [4.69, 9.17) is 21.1 Å². The summed E-state index contributed by atoms with van der Waals surface area (Å²) in [5.74, 6) is -0.284. The third-order valence-electron chi connectivity index (χ3n) is 3.60. The van der Waals surface area contributed by atoms with Crippen LogP contribution in [0.3, 0.4) is 0 Å². The van der Waals surface area contributed by atoms with Gasteiger partial charge in [-0.15, -0.1) is 0 Å². The Hall–Kier alpha value is -2.79. The zero-order chi connectivity index (χ0) is 18.9. The van der Waals surface area contributed by atoms with Crippen molar-refractivity contribution in [3.8, 4) is 5.75 Å². The maximum Gasteiger partial charge on any atom is 0.331 e. The molecule has 2 aromatic rings. The molecule has 6 heteroatoms. The normalized spacial score (nSPS) is 11.8. The van der Waals surface area contributed by atoms with Crippen molar-refractivity contribution in [2.45, 2.75) is 13.0 Å². The predicted octanol–water partition coefficient (Wildman–Crippen LogP) is 3.78. The fourth-order valence-electron chi connectivity index (χ4n) is 2.21. The maximum absolute atomic E-state index is 11.9. The first-order valence-electron chi connectivity index (χ1n) is 8.01. The van der Waals surface area contributed by atoms with E-state index >= 15 is 0 Å². The van der Waals surface area contributed by atoms with Gasteiger partial charge in [0.2, 0.25) is 0 Å². The fraction of sp³-hybridized carbons (Fsp3) is 0.200. The molecule has 0 fully saturated rings. The van der Waals surface area contributed by atoms with Gasteiger partial charge >= 0.3 is 5.97 Å². The van der Waals surface area contributed by atoms with Gasteiger partial charge < -0.3 is 14.8 Å². The number of nitrogens with one attached hydrogen (secondary N) is 1. The van der Waals surface area contributed by atoms with Gasteiger partial charge in [-0.05, 0) is 48.4 Å². The van der Waals surface area contributed by atoms with E-state index in [0.29, 0.717) is 10.8 Å². The monoisotopic (exact) mass is 373 g/mol. The van der Waals surface area contributed by atoms with Crippen LogP contribution >= 0.6 is 11.6 Å². The summed E-state index contributed by atoms with van der Waals surface area (Å²) in [6.45, 7) is 1.49. The lowest BCUT2D eigenvalue weighted by atomic mass is 10.1. The quantitative estimate of drug-likeness (QED) is 0.592. The number of hydrogen-bond acceptors (Lipinski definition) is 4. The molecule has 0 spiro atoms. The Morgan fingerprint density at radius 2 is 1.92 bits per heavy atom. The highest BCUT2D eigenvalue weighted by Crippen LogP contribution is 2.16. The predicted molar refractivity (Wildman–Crippen MR) is 101 cm³/mol. The van der Waals surface area contributed by atoms with Crippen LogP contribution in [0.5, 0.6) is 5.75 Å². The highest BCUT2D eigenvalue weighted by atomic mass is 35.5. The molecule has 0 radical (unpaired) electrons. The number of benzene rings is 2. The second kappa shape index (κ2) is 9.63. The summed E-state index contributed by atoms with van der Waals surface area (Å²) < 4.78 is 10.1. The highest BCUT2D eigenvalue weighted by Gasteiger charge is 2.11. The van der Waals surface area contributed by atoms with E-state index in [1.807, 2.05) is 37.3 Å². The Bertz CT molecular complexity index is 787. The highest BCUT2D eigenvalue weighted by molar-refractivity contribution is 6.30. The Kier molecular flexibility index (Phi) is 7.24. The molecule has 1 N–H and O–H groups in total. The molecule has 0 aliphatic rings. The fourth-order valence-corrected chi connectivity index (χ4v) is 2.34. The summed E-state index contributed by atoms with van der Waals surface area (Å²) in [6, 6.07) is 14.2. The number of halogens is 1. The van der Waals surface area contributed by atoms with E-state index in [2.05, 4.69) is 5.32 Å². The average Bonchev–Trinajstić information content (AvgIpc) is 2.65. The van der Waals surface area contributed by atoms with Gasteiger partial charge in [-0.1, -0.05) is 35.9 Å². The summed E-state index contributed by atoms with van der Waals surface area (Å²) in [6.07, 6.45) is 2.86. The Morgan fingerprint density at radius 3 is 2.62 bits per heavy atom. The minimum absolute atomic E-state index is 0.217. The van der Waals surface area contributed by atoms with Crippen LogP contribution in [0.1, 0.15) is 24.1 Å². The lowest BCUT2D eigenvalue weighted by Gasteiger charge is -2.14. The number of hydrogen-bond donors (Lipinski definition) is 1. The lowest BCUT2D eigenvalue weighted by Crippen LogP contribution is -2.30. The second-order valence-corrected chi connectivity index (χ2v) is 5.99. The Balaban J connectivity index is 1.79. The van der Waals surface area contributed by atoms with Gasteiger partial charge in [0, 0.05) is 11.1 Å². The third kappa shape index (κ3) is 6.26. The van der Waals surface area contributed by atoms with Crippen molar-refractivity contribution in [2.24, 2.45) is 0 Å². The largest absolute Gasteiger partial charge is 0.497 e. The summed E-state index contributed by atoms with van der Waals surface area (Å²) in [5, 5.41) is 3.39. The van der Waals surface area contributed by atoms with E-state index in [-0.39, 0.29) is 18.6 Å². The van der Waals surface area contributed by atoms with E-state index in [1.165, 1.54) is 6.08 Å². The van der Waals surface area contributed by atoms with Crippen LogP contribution in [0.15, 0.2) is 54.6 Å². The summed E-state index contributed by atoms with van der Waals surface area (Å²) >= 11 is 5.84. The molecule has 0 heterocycles. The number of ether oxygens (including phenoxy) is 2. The number of carbonyl (C=O) groups is 2. The zero-order valence-corrected chi connectivity index (χ0v) is 15.3. The van der Waals surface area contributed by atoms with E-state index in [0.717, 1.165) is 11.1 Å². The third-order valence-corrected chi connectivity index (χ3v) is 3.85. The first-order valence-corrected chi connectivity index (χ1v) is 8.39. The number of carbonyl (C=O) groups excluding carboxylic acids is 2. The number of methoxy groups -OCH3 is 1. The van der Waals surface area contributed by atoms with Crippen molar-refractivity contribution in [1.29, 1.82) is 0 Å². The molecule has 2 aromatic carbocycles. The summed E-state index contributed by atoms with van der Waals surface area (Å²) in [5.41, 5.74) is 1.70. The molecule has 26 heavy (non-hydrogen) atoms. The zero-order valence-electron chi connectivity index (χ0n) is 14.6. The van der Waals surface area contributed by atoms with Crippen LogP contribution in [0.4, 0.5) is 0 Å². The SMILES string of the molecule is COc1cccc(/C=C/C(=O)OCC(=O)N[C@@H](C)c2ccc(Cl)cc2)c1. The molecular weight excluding hydrogens is 354 g/mol. The van der Waals surface area contributed by atoms with Crippen LogP contribution in [0.25, 0.3) is 6.08 Å².